The van der Waals surface area contributed by atoms with Crippen molar-refractivity contribution in [2.75, 3.05) is 0 Å². The second-order valence-electron chi connectivity index (χ2n) is 3.63. The topological polar surface area (TPSA) is 20.2 Å². The molecule has 1 heterocycles. The van der Waals surface area contributed by atoms with E-state index in [4.69, 9.17) is 34.8 Å². The highest BCUT2D eigenvalue weighted by Gasteiger charge is 2.11. The summed E-state index contributed by atoms with van der Waals surface area (Å²) in [5.74, 6) is 0. The highest BCUT2D eigenvalue weighted by Crippen LogP contribution is 2.29. The van der Waals surface area contributed by atoms with Gasteiger partial charge in [0.1, 0.15) is 0 Å². The van der Waals surface area contributed by atoms with Crippen molar-refractivity contribution >= 4 is 46.1 Å². The molecule has 0 fully saturated rings. The van der Waals surface area contributed by atoms with Gasteiger partial charge in [-0.25, -0.2) is 0 Å². The summed E-state index contributed by atoms with van der Waals surface area (Å²) in [6, 6.07) is 8.80. The molecule has 0 saturated heterocycles. The standard InChI is InChI=1S/C12H9Cl3OS/c13-8-3-7(4-9(14)5-8)11(16)6-10-1-2-12(15)17-10/h1-5,11,16H,6H2. The molecule has 0 spiro atoms. The number of thiophene rings is 1. The van der Waals surface area contributed by atoms with Gasteiger partial charge >= 0.3 is 0 Å². The lowest BCUT2D eigenvalue weighted by atomic mass is 10.1. The lowest BCUT2D eigenvalue weighted by Gasteiger charge is -2.10. The molecule has 0 bridgehead atoms. The van der Waals surface area contributed by atoms with Gasteiger partial charge in [0.05, 0.1) is 10.4 Å². The minimum atomic E-state index is -0.624. The Morgan fingerprint density at radius 3 is 2.24 bits per heavy atom. The molecule has 1 atom stereocenters. The van der Waals surface area contributed by atoms with Gasteiger partial charge in [0.25, 0.3) is 0 Å². The Labute approximate surface area is 119 Å². The van der Waals surface area contributed by atoms with Crippen molar-refractivity contribution < 1.29 is 5.11 Å². The molecule has 2 aromatic rings. The van der Waals surface area contributed by atoms with Crippen molar-refractivity contribution in [2.45, 2.75) is 12.5 Å². The zero-order valence-electron chi connectivity index (χ0n) is 8.66. The molecule has 17 heavy (non-hydrogen) atoms. The normalized spacial score (nSPS) is 12.7. The van der Waals surface area contributed by atoms with Crippen LogP contribution in [0.1, 0.15) is 16.5 Å². The Kier molecular flexibility index (Phi) is 4.34. The Bertz CT molecular complexity index is 504. The molecule has 1 nitrogen and oxygen atoms in total. The molecule has 1 aromatic heterocycles. The summed E-state index contributed by atoms with van der Waals surface area (Å²) in [5, 5.41) is 11.1. The molecule has 5 heteroatoms. The van der Waals surface area contributed by atoms with Gasteiger partial charge in [-0.05, 0) is 35.9 Å². The maximum atomic E-state index is 10.1. The Morgan fingerprint density at radius 2 is 1.71 bits per heavy atom. The van der Waals surface area contributed by atoms with Gasteiger partial charge in [-0.2, -0.15) is 0 Å². The van der Waals surface area contributed by atoms with Crippen LogP contribution in [-0.4, -0.2) is 5.11 Å². The highest BCUT2D eigenvalue weighted by molar-refractivity contribution is 7.16. The van der Waals surface area contributed by atoms with Crippen molar-refractivity contribution in [2.24, 2.45) is 0 Å². The fourth-order valence-electron chi connectivity index (χ4n) is 1.54. The van der Waals surface area contributed by atoms with Crippen LogP contribution in [0.5, 0.6) is 0 Å². The summed E-state index contributed by atoms with van der Waals surface area (Å²) in [7, 11) is 0. The van der Waals surface area contributed by atoms with E-state index in [1.165, 1.54) is 11.3 Å². The van der Waals surface area contributed by atoms with E-state index in [0.29, 0.717) is 22.0 Å². The molecule has 0 aliphatic carbocycles. The van der Waals surface area contributed by atoms with Crippen LogP contribution in [0.2, 0.25) is 14.4 Å². The minimum Gasteiger partial charge on any atom is -0.388 e. The third-order valence-electron chi connectivity index (χ3n) is 2.29. The predicted molar refractivity (Wildman–Crippen MR) is 74.5 cm³/mol. The largest absolute Gasteiger partial charge is 0.388 e. The van der Waals surface area contributed by atoms with Crippen molar-refractivity contribution in [1.29, 1.82) is 0 Å². The molecular weight excluding hydrogens is 299 g/mol. The molecule has 0 aliphatic heterocycles. The van der Waals surface area contributed by atoms with Crippen LogP contribution in [0.25, 0.3) is 0 Å². The third kappa shape index (κ3) is 3.60. The summed E-state index contributed by atoms with van der Waals surface area (Å²) < 4.78 is 0.719. The fourth-order valence-corrected chi connectivity index (χ4v) is 3.20. The first-order valence-corrected chi connectivity index (χ1v) is 6.88. The Morgan fingerprint density at radius 1 is 1.06 bits per heavy atom. The number of benzene rings is 1. The van der Waals surface area contributed by atoms with Gasteiger partial charge in [0, 0.05) is 21.3 Å². The van der Waals surface area contributed by atoms with Gasteiger partial charge in [-0.1, -0.05) is 34.8 Å². The summed E-state index contributed by atoms with van der Waals surface area (Å²) in [4.78, 5) is 1.03. The van der Waals surface area contributed by atoms with Crippen molar-refractivity contribution in [1.82, 2.24) is 0 Å². The van der Waals surface area contributed by atoms with Crippen LogP contribution in [0.3, 0.4) is 0 Å². The maximum absolute atomic E-state index is 10.1. The van der Waals surface area contributed by atoms with E-state index in [-0.39, 0.29) is 0 Å². The number of hydrogen-bond donors (Lipinski definition) is 1. The highest BCUT2D eigenvalue weighted by atomic mass is 35.5. The third-order valence-corrected chi connectivity index (χ3v) is 3.98. The molecule has 1 unspecified atom stereocenters. The number of halogens is 3. The van der Waals surface area contributed by atoms with Crippen LogP contribution in [0.15, 0.2) is 30.3 Å². The molecule has 90 valence electrons. The van der Waals surface area contributed by atoms with Gasteiger partial charge < -0.3 is 5.11 Å². The zero-order valence-corrected chi connectivity index (χ0v) is 11.7. The molecule has 1 N–H and O–H groups in total. The Balaban J connectivity index is 2.16. The first-order chi connectivity index (χ1) is 8.04. The van der Waals surface area contributed by atoms with Crippen molar-refractivity contribution in [3.05, 3.63) is 55.2 Å². The second-order valence-corrected chi connectivity index (χ2v) is 6.30. The van der Waals surface area contributed by atoms with Gasteiger partial charge in [0.15, 0.2) is 0 Å². The molecule has 1 aromatic carbocycles. The van der Waals surface area contributed by atoms with Crippen LogP contribution >= 0.6 is 46.1 Å². The molecule has 0 aliphatic rings. The average molecular weight is 308 g/mol. The van der Waals surface area contributed by atoms with Crippen molar-refractivity contribution in [3.8, 4) is 0 Å². The van der Waals surface area contributed by atoms with Gasteiger partial charge in [-0.3, -0.25) is 0 Å². The lowest BCUT2D eigenvalue weighted by molar-refractivity contribution is 0.179. The minimum absolute atomic E-state index is 0.508. The van der Waals surface area contributed by atoms with E-state index in [0.717, 1.165) is 9.21 Å². The summed E-state index contributed by atoms with van der Waals surface area (Å²) in [6.07, 6.45) is -0.116. The fraction of sp³-hybridized carbons (Fsp3) is 0.167. The SMILES string of the molecule is OC(Cc1ccc(Cl)s1)c1cc(Cl)cc(Cl)c1. The number of hydrogen-bond acceptors (Lipinski definition) is 2. The first-order valence-electron chi connectivity index (χ1n) is 4.93. The van der Waals surface area contributed by atoms with E-state index >= 15 is 0 Å². The Hall–Kier alpha value is -0.250. The maximum Gasteiger partial charge on any atom is 0.0931 e. The first kappa shape index (κ1) is 13.2. The van der Waals surface area contributed by atoms with E-state index in [9.17, 15) is 5.11 Å². The van der Waals surface area contributed by atoms with Gasteiger partial charge in [0.2, 0.25) is 0 Å². The quantitative estimate of drug-likeness (QED) is 0.847. The summed E-state index contributed by atoms with van der Waals surface area (Å²) in [5.41, 5.74) is 0.715. The van der Waals surface area contributed by atoms with E-state index in [1.54, 1.807) is 18.2 Å². The van der Waals surface area contributed by atoms with E-state index in [1.807, 2.05) is 12.1 Å². The summed E-state index contributed by atoms with van der Waals surface area (Å²) >= 11 is 19.1. The number of aliphatic hydroxyl groups excluding tert-OH is 1. The average Bonchev–Trinajstić information content (AvgIpc) is 2.62. The summed E-state index contributed by atoms with van der Waals surface area (Å²) in [6.45, 7) is 0. The van der Waals surface area contributed by atoms with E-state index in [2.05, 4.69) is 0 Å². The molecular formula is C12H9Cl3OS. The van der Waals surface area contributed by atoms with E-state index < -0.39 is 6.10 Å². The molecule has 0 saturated carbocycles. The monoisotopic (exact) mass is 306 g/mol. The van der Waals surface area contributed by atoms with Gasteiger partial charge in [-0.15, -0.1) is 11.3 Å². The van der Waals surface area contributed by atoms with Crippen molar-refractivity contribution in [3.63, 3.8) is 0 Å². The predicted octanol–water partition coefficient (Wildman–Crippen LogP) is 4.98. The lowest BCUT2D eigenvalue weighted by Crippen LogP contribution is -2.00. The smallest absolute Gasteiger partial charge is 0.0931 e. The second kappa shape index (κ2) is 5.59. The van der Waals surface area contributed by atoms with Crippen LogP contribution < -0.4 is 0 Å². The molecule has 2 rings (SSSR count). The van der Waals surface area contributed by atoms with Crippen LogP contribution in [0.4, 0.5) is 0 Å². The van der Waals surface area contributed by atoms with Crippen LogP contribution in [-0.2, 0) is 6.42 Å². The molecule has 0 amide bonds. The number of aliphatic hydroxyl groups is 1. The zero-order chi connectivity index (χ0) is 12.4. The molecule has 0 radical (unpaired) electrons. The van der Waals surface area contributed by atoms with Crippen LogP contribution in [0, 0.1) is 0 Å². The number of rotatable bonds is 3.